The van der Waals surface area contributed by atoms with Gasteiger partial charge in [0.05, 0.1) is 23.6 Å². The fourth-order valence-corrected chi connectivity index (χ4v) is 3.68. The molecule has 1 N–H and O–H groups in total. The number of hydrogen-bond donors (Lipinski definition) is 1. The largest absolute Gasteiger partial charge is 0.471 e. The number of amides is 1. The molecule has 9 heteroatoms. The first kappa shape index (κ1) is 22.1. The van der Waals surface area contributed by atoms with E-state index in [1.54, 1.807) is 16.9 Å². The van der Waals surface area contributed by atoms with Crippen molar-refractivity contribution in [2.24, 2.45) is 0 Å². The van der Waals surface area contributed by atoms with Gasteiger partial charge in [-0.15, -0.1) is 0 Å². The van der Waals surface area contributed by atoms with Gasteiger partial charge in [0, 0.05) is 15.7 Å². The highest BCUT2D eigenvalue weighted by atomic mass is 79.9. The number of aryl methyl sites for hydroxylation is 1. The van der Waals surface area contributed by atoms with Gasteiger partial charge in [0.1, 0.15) is 5.75 Å². The van der Waals surface area contributed by atoms with Crippen LogP contribution in [0.5, 0.6) is 5.75 Å². The summed E-state index contributed by atoms with van der Waals surface area (Å²) < 4.78 is 10.1. The van der Waals surface area contributed by atoms with E-state index in [1.165, 1.54) is 0 Å². The standard InChI is InChI=1S/C23H21BrClN5O2/c1-15-22(16(2)30(27-15)13-17-5-3-4-6-20(17)25)26-23(31)21-11-12-29(28-21)14-32-19-9-7-18(24)8-10-19/h3-12H,13-14H2,1-2H3,(H,26,31). The van der Waals surface area contributed by atoms with Crippen molar-refractivity contribution in [3.63, 3.8) is 0 Å². The third kappa shape index (κ3) is 5.03. The Hall–Kier alpha value is -3.10. The Morgan fingerprint density at radius 1 is 1.09 bits per heavy atom. The first-order valence-electron chi connectivity index (χ1n) is 9.91. The molecule has 0 saturated heterocycles. The van der Waals surface area contributed by atoms with E-state index in [-0.39, 0.29) is 12.6 Å². The minimum Gasteiger partial charge on any atom is -0.471 e. The predicted molar refractivity (Wildman–Crippen MR) is 127 cm³/mol. The van der Waals surface area contributed by atoms with Gasteiger partial charge in [0.25, 0.3) is 5.91 Å². The molecule has 2 heterocycles. The van der Waals surface area contributed by atoms with Crippen LogP contribution < -0.4 is 10.1 Å². The van der Waals surface area contributed by atoms with E-state index < -0.39 is 0 Å². The van der Waals surface area contributed by atoms with Crippen molar-refractivity contribution in [1.29, 1.82) is 0 Å². The lowest BCUT2D eigenvalue weighted by Crippen LogP contribution is -2.15. The molecule has 4 aromatic rings. The van der Waals surface area contributed by atoms with Gasteiger partial charge in [-0.3, -0.25) is 9.48 Å². The molecule has 7 nitrogen and oxygen atoms in total. The Morgan fingerprint density at radius 3 is 2.59 bits per heavy atom. The van der Waals surface area contributed by atoms with Crippen LogP contribution in [0.15, 0.2) is 65.3 Å². The second-order valence-electron chi connectivity index (χ2n) is 7.22. The van der Waals surface area contributed by atoms with Crippen LogP contribution in [0.4, 0.5) is 5.69 Å². The summed E-state index contributed by atoms with van der Waals surface area (Å²) in [6.45, 7) is 4.49. The van der Waals surface area contributed by atoms with Gasteiger partial charge >= 0.3 is 0 Å². The minimum atomic E-state index is -0.309. The van der Waals surface area contributed by atoms with Gasteiger partial charge in [0.15, 0.2) is 12.4 Å². The number of carbonyl (C=O) groups excluding carboxylic acids is 1. The molecule has 0 aliphatic carbocycles. The first-order chi connectivity index (χ1) is 15.4. The normalized spacial score (nSPS) is 10.9. The number of nitrogens with one attached hydrogen (secondary N) is 1. The lowest BCUT2D eigenvalue weighted by molar-refractivity contribution is 0.102. The molecule has 0 radical (unpaired) electrons. The molecule has 2 aromatic carbocycles. The maximum absolute atomic E-state index is 12.8. The number of nitrogens with zero attached hydrogens (tertiary/aromatic N) is 4. The van der Waals surface area contributed by atoms with Crippen molar-refractivity contribution >= 4 is 39.1 Å². The molecular weight excluding hydrogens is 494 g/mol. The molecule has 0 saturated carbocycles. The van der Waals surface area contributed by atoms with Crippen LogP contribution in [-0.2, 0) is 13.3 Å². The van der Waals surface area contributed by atoms with E-state index in [1.807, 2.05) is 67.1 Å². The van der Waals surface area contributed by atoms with Gasteiger partial charge in [-0.2, -0.15) is 10.2 Å². The summed E-state index contributed by atoms with van der Waals surface area (Å²) in [5.41, 5.74) is 3.49. The van der Waals surface area contributed by atoms with Crippen molar-refractivity contribution in [2.75, 3.05) is 5.32 Å². The summed E-state index contributed by atoms with van der Waals surface area (Å²) in [6, 6.07) is 16.8. The van der Waals surface area contributed by atoms with Crippen LogP contribution in [0.1, 0.15) is 27.4 Å². The molecule has 0 unspecified atom stereocenters. The number of rotatable bonds is 7. The van der Waals surface area contributed by atoms with E-state index in [0.717, 1.165) is 21.4 Å². The van der Waals surface area contributed by atoms with E-state index in [9.17, 15) is 4.79 Å². The van der Waals surface area contributed by atoms with Crippen LogP contribution in [0, 0.1) is 13.8 Å². The maximum Gasteiger partial charge on any atom is 0.276 e. The summed E-state index contributed by atoms with van der Waals surface area (Å²) in [4.78, 5) is 12.8. The topological polar surface area (TPSA) is 74.0 Å². The van der Waals surface area contributed by atoms with Crippen LogP contribution >= 0.6 is 27.5 Å². The highest BCUT2D eigenvalue weighted by Crippen LogP contribution is 2.23. The molecule has 0 spiro atoms. The van der Waals surface area contributed by atoms with Crippen molar-refractivity contribution in [3.8, 4) is 5.75 Å². The van der Waals surface area contributed by atoms with Crippen LogP contribution in [0.3, 0.4) is 0 Å². The molecule has 0 atom stereocenters. The zero-order valence-electron chi connectivity index (χ0n) is 17.5. The number of anilines is 1. The molecule has 32 heavy (non-hydrogen) atoms. The van der Waals surface area contributed by atoms with Crippen LogP contribution in [-0.4, -0.2) is 25.5 Å². The Bertz CT molecular complexity index is 1250. The molecule has 1 amide bonds. The van der Waals surface area contributed by atoms with Crippen LogP contribution in [0.25, 0.3) is 0 Å². The molecule has 0 aliphatic rings. The predicted octanol–water partition coefficient (Wildman–Crippen LogP) is 5.45. The van der Waals surface area contributed by atoms with Crippen molar-refractivity contribution in [1.82, 2.24) is 19.6 Å². The van der Waals surface area contributed by atoms with E-state index >= 15 is 0 Å². The van der Waals surface area contributed by atoms with Crippen molar-refractivity contribution < 1.29 is 9.53 Å². The monoisotopic (exact) mass is 513 g/mol. The van der Waals surface area contributed by atoms with Crippen molar-refractivity contribution in [3.05, 3.63) is 92.9 Å². The molecule has 2 aromatic heterocycles. The average molecular weight is 515 g/mol. The Balaban J connectivity index is 1.42. The number of benzene rings is 2. The maximum atomic E-state index is 12.8. The Kier molecular flexibility index (Phi) is 6.62. The van der Waals surface area contributed by atoms with E-state index in [2.05, 4.69) is 31.4 Å². The average Bonchev–Trinajstić information content (AvgIpc) is 3.35. The van der Waals surface area contributed by atoms with Crippen LogP contribution in [0.2, 0.25) is 5.02 Å². The molecule has 4 rings (SSSR count). The molecule has 0 bridgehead atoms. The van der Waals surface area contributed by atoms with E-state index in [4.69, 9.17) is 16.3 Å². The summed E-state index contributed by atoms with van der Waals surface area (Å²) in [5, 5.41) is 12.5. The fourth-order valence-electron chi connectivity index (χ4n) is 3.22. The van der Waals surface area contributed by atoms with E-state index in [0.29, 0.717) is 28.7 Å². The van der Waals surface area contributed by atoms with Gasteiger partial charge in [-0.05, 0) is 55.8 Å². The number of carbonyl (C=O) groups is 1. The number of hydrogen-bond acceptors (Lipinski definition) is 4. The second kappa shape index (κ2) is 9.58. The molecular formula is C23H21BrClN5O2. The minimum absolute atomic E-state index is 0.197. The smallest absolute Gasteiger partial charge is 0.276 e. The number of aromatic nitrogens is 4. The highest BCUT2D eigenvalue weighted by Gasteiger charge is 2.17. The first-order valence-corrected chi connectivity index (χ1v) is 11.1. The molecule has 0 aliphatic heterocycles. The molecule has 0 fully saturated rings. The summed E-state index contributed by atoms with van der Waals surface area (Å²) >= 11 is 9.67. The lowest BCUT2D eigenvalue weighted by atomic mass is 10.2. The number of halogens is 2. The van der Waals surface area contributed by atoms with Crippen molar-refractivity contribution in [2.45, 2.75) is 27.1 Å². The summed E-state index contributed by atoms with van der Waals surface area (Å²) in [6.07, 6.45) is 1.70. The molecule has 164 valence electrons. The van der Waals surface area contributed by atoms with Gasteiger partial charge < -0.3 is 10.1 Å². The second-order valence-corrected chi connectivity index (χ2v) is 8.54. The third-order valence-electron chi connectivity index (χ3n) is 4.95. The summed E-state index contributed by atoms with van der Waals surface area (Å²) in [5.74, 6) is 0.405. The van der Waals surface area contributed by atoms with Gasteiger partial charge in [-0.25, -0.2) is 4.68 Å². The van der Waals surface area contributed by atoms with Gasteiger partial charge in [0.2, 0.25) is 0 Å². The van der Waals surface area contributed by atoms with Gasteiger partial charge in [-0.1, -0.05) is 45.7 Å². The number of ether oxygens (including phenoxy) is 1. The zero-order valence-corrected chi connectivity index (χ0v) is 19.9. The SMILES string of the molecule is Cc1nn(Cc2ccccc2Cl)c(C)c1NC(=O)c1ccn(COc2ccc(Br)cc2)n1. The Morgan fingerprint density at radius 2 is 1.84 bits per heavy atom. The quantitative estimate of drug-likeness (QED) is 0.356. The summed E-state index contributed by atoms with van der Waals surface area (Å²) in [7, 11) is 0. The highest BCUT2D eigenvalue weighted by molar-refractivity contribution is 9.10. The zero-order chi connectivity index (χ0) is 22.7. The third-order valence-corrected chi connectivity index (χ3v) is 5.85. The fraction of sp³-hybridized carbons (Fsp3) is 0.174. The lowest BCUT2D eigenvalue weighted by Gasteiger charge is -2.08. The Labute approximate surface area is 199 Å².